The van der Waals surface area contributed by atoms with Gasteiger partial charge in [-0.25, -0.2) is 18.7 Å². The monoisotopic (exact) mass is 251 g/mol. The smallest absolute Gasteiger partial charge is 0.282 e. The van der Waals surface area contributed by atoms with E-state index in [9.17, 15) is 8.78 Å². The van der Waals surface area contributed by atoms with Gasteiger partial charge in [0.05, 0.1) is 0 Å². The molecule has 0 aliphatic heterocycles. The maximum atomic E-state index is 12.5. The first-order valence-corrected chi connectivity index (χ1v) is 5.11. The summed E-state index contributed by atoms with van der Waals surface area (Å²) in [6.45, 7) is 1.94. The number of hydrogen-bond donors (Lipinski definition) is 2. The van der Waals surface area contributed by atoms with Gasteiger partial charge in [0, 0.05) is 13.2 Å². The molecule has 0 amide bonds. The van der Waals surface area contributed by atoms with Gasteiger partial charge in [-0.1, -0.05) is 11.6 Å². The Morgan fingerprint density at radius 2 is 2.12 bits per heavy atom. The van der Waals surface area contributed by atoms with E-state index in [1.165, 1.54) is 6.92 Å². The lowest BCUT2D eigenvalue weighted by Gasteiger charge is -2.10. The van der Waals surface area contributed by atoms with E-state index in [1.54, 1.807) is 0 Å². The van der Waals surface area contributed by atoms with Crippen molar-refractivity contribution in [1.29, 1.82) is 0 Å². The zero-order valence-electron chi connectivity index (χ0n) is 8.67. The van der Waals surface area contributed by atoms with Gasteiger partial charge in [-0.05, 0) is 13.3 Å². The second-order valence-electron chi connectivity index (χ2n) is 3.12. The molecular weight excluding hydrogens is 240 g/mol. The lowest BCUT2D eigenvalue weighted by Crippen LogP contribution is -2.09. The van der Waals surface area contributed by atoms with Crippen LogP contribution in [-0.2, 0) is 0 Å². The molecule has 0 unspecified atom stereocenters. The molecule has 0 bridgehead atoms. The van der Waals surface area contributed by atoms with E-state index in [-0.39, 0.29) is 23.3 Å². The van der Waals surface area contributed by atoms with Gasteiger partial charge in [0.1, 0.15) is 22.4 Å². The molecule has 0 aromatic carbocycles. The molecule has 0 aliphatic rings. The van der Waals surface area contributed by atoms with Crippen LogP contribution in [0.5, 0.6) is 0 Å². The molecule has 0 saturated carbocycles. The number of aromatic nitrogens is 2. The molecule has 1 rings (SSSR count). The van der Waals surface area contributed by atoms with Gasteiger partial charge in [0.15, 0.2) is 0 Å². The van der Waals surface area contributed by atoms with Crippen LogP contribution in [0, 0.1) is 6.92 Å². The van der Waals surface area contributed by atoms with E-state index in [0.29, 0.717) is 13.0 Å². The van der Waals surface area contributed by atoms with Gasteiger partial charge >= 0.3 is 0 Å². The largest absolute Gasteiger partial charge is 0.396 e. The minimum atomic E-state index is -2.73. The molecule has 2 N–H and O–H groups in total. The highest BCUT2D eigenvalue weighted by Crippen LogP contribution is 2.29. The number of nitrogens with zero attached hydrogens (tertiary/aromatic N) is 2. The summed E-state index contributed by atoms with van der Waals surface area (Å²) in [6, 6.07) is 0. The Balaban J connectivity index is 2.91. The average molecular weight is 252 g/mol. The molecule has 0 saturated heterocycles. The highest BCUT2D eigenvalue weighted by Gasteiger charge is 2.18. The molecule has 90 valence electrons. The quantitative estimate of drug-likeness (QED) is 0.788. The Hall–Kier alpha value is -1.01. The number of aliphatic hydroxyl groups is 1. The number of aryl methyl sites for hydroxylation is 1. The van der Waals surface area contributed by atoms with Gasteiger partial charge in [-0.3, -0.25) is 0 Å². The maximum Gasteiger partial charge on any atom is 0.282 e. The van der Waals surface area contributed by atoms with Crippen LogP contribution < -0.4 is 5.32 Å². The predicted molar refractivity (Wildman–Crippen MR) is 56.9 cm³/mol. The van der Waals surface area contributed by atoms with E-state index in [4.69, 9.17) is 16.7 Å². The first kappa shape index (κ1) is 13.1. The molecule has 7 heteroatoms. The van der Waals surface area contributed by atoms with Crippen molar-refractivity contribution >= 4 is 17.4 Å². The summed E-state index contributed by atoms with van der Waals surface area (Å²) in [7, 11) is 0. The molecule has 0 spiro atoms. The van der Waals surface area contributed by atoms with Gasteiger partial charge < -0.3 is 10.4 Å². The summed E-state index contributed by atoms with van der Waals surface area (Å²) in [5.41, 5.74) is -0.472. The topological polar surface area (TPSA) is 58.0 Å². The molecule has 0 radical (unpaired) electrons. The highest BCUT2D eigenvalue weighted by molar-refractivity contribution is 6.33. The van der Waals surface area contributed by atoms with E-state index >= 15 is 0 Å². The van der Waals surface area contributed by atoms with Crippen molar-refractivity contribution in [2.75, 3.05) is 18.5 Å². The average Bonchev–Trinajstić information content (AvgIpc) is 2.22. The molecule has 1 aromatic heterocycles. The van der Waals surface area contributed by atoms with Gasteiger partial charge in [0.2, 0.25) is 0 Å². The Bertz CT molecular complexity index is 363. The number of aliphatic hydroxyl groups excluding tert-OH is 1. The summed E-state index contributed by atoms with van der Waals surface area (Å²) >= 11 is 5.72. The van der Waals surface area contributed by atoms with E-state index in [2.05, 4.69) is 15.3 Å². The summed E-state index contributed by atoms with van der Waals surface area (Å²) in [5, 5.41) is 11.2. The predicted octanol–water partition coefficient (Wildman–Crippen LogP) is 2.17. The Morgan fingerprint density at radius 1 is 1.44 bits per heavy atom. The van der Waals surface area contributed by atoms with Crippen molar-refractivity contribution in [2.45, 2.75) is 19.8 Å². The second-order valence-corrected chi connectivity index (χ2v) is 3.50. The fraction of sp³-hybridized carbons (Fsp3) is 0.556. The van der Waals surface area contributed by atoms with Crippen LogP contribution in [0.25, 0.3) is 0 Å². The van der Waals surface area contributed by atoms with E-state index < -0.39 is 12.1 Å². The minimum absolute atomic E-state index is 0.0103. The van der Waals surface area contributed by atoms with Crippen LogP contribution in [0.15, 0.2) is 0 Å². The third kappa shape index (κ3) is 3.24. The molecule has 0 fully saturated rings. The van der Waals surface area contributed by atoms with Crippen LogP contribution in [0.4, 0.5) is 14.6 Å². The molecule has 4 nitrogen and oxygen atoms in total. The first-order chi connectivity index (χ1) is 7.56. The second kappa shape index (κ2) is 5.91. The standard InChI is InChI=1S/C9H12ClF2N3O/c1-5-14-7(8(11)12)6(10)9(15-5)13-3-2-4-16/h8,16H,2-4H2,1H3,(H,13,14,15). The number of alkyl halides is 2. The number of anilines is 1. The third-order valence-electron chi connectivity index (χ3n) is 1.82. The summed E-state index contributed by atoms with van der Waals surface area (Å²) < 4.78 is 25.1. The van der Waals surface area contributed by atoms with Crippen molar-refractivity contribution in [3.63, 3.8) is 0 Å². The van der Waals surface area contributed by atoms with Crippen molar-refractivity contribution < 1.29 is 13.9 Å². The lowest BCUT2D eigenvalue weighted by molar-refractivity contribution is 0.146. The van der Waals surface area contributed by atoms with E-state index in [0.717, 1.165) is 0 Å². The van der Waals surface area contributed by atoms with Gasteiger partial charge in [0.25, 0.3) is 6.43 Å². The van der Waals surface area contributed by atoms with Crippen molar-refractivity contribution in [2.24, 2.45) is 0 Å². The van der Waals surface area contributed by atoms with Crippen molar-refractivity contribution in [1.82, 2.24) is 9.97 Å². The Kier molecular flexibility index (Phi) is 4.82. The van der Waals surface area contributed by atoms with Crippen LogP contribution in [0.2, 0.25) is 5.02 Å². The number of rotatable bonds is 5. The van der Waals surface area contributed by atoms with Crippen LogP contribution in [0.1, 0.15) is 24.4 Å². The number of halogens is 3. The van der Waals surface area contributed by atoms with Crippen LogP contribution in [0.3, 0.4) is 0 Å². The zero-order valence-corrected chi connectivity index (χ0v) is 9.43. The zero-order chi connectivity index (χ0) is 12.1. The van der Waals surface area contributed by atoms with Crippen LogP contribution >= 0.6 is 11.6 Å². The van der Waals surface area contributed by atoms with Crippen LogP contribution in [-0.4, -0.2) is 28.2 Å². The Labute approximate surface area is 96.7 Å². The lowest BCUT2D eigenvalue weighted by atomic mass is 10.3. The molecule has 1 heterocycles. The molecule has 0 atom stereocenters. The Morgan fingerprint density at radius 3 is 2.69 bits per heavy atom. The number of nitrogens with one attached hydrogen (secondary N) is 1. The fourth-order valence-corrected chi connectivity index (χ4v) is 1.36. The van der Waals surface area contributed by atoms with E-state index in [1.807, 2.05) is 0 Å². The SMILES string of the molecule is Cc1nc(NCCCO)c(Cl)c(C(F)F)n1. The number of hydrogen-bond acceptors (Lipinski definition) is 4. The van der Waals surface area contributed by atoms with Gasteiger partial charge in [-0.2, -0.15) is 0 Å². The molecule has 1 aromatic rings. The first-order valence-electron chi connectivity index (χ1n) is 4.73. The summed E-state index contributed by atoms with van der Waals surface area (Å²) in [6.07, 6.45) is -2.24. The normalized spacial score (nSPS) is 10.9. The summed E-state index contributed by atoms with van der Waals surface area (Å²) in [5.74, 6) is 0.407. The maximum absolute atomic E-state index is 12.5. The van der Waals surface area contributed by atoms with Gasteiger partial charge in [-0.15, -0.1) is 0 Å². The summed E-state index contributed by atoms with van der Waals surface area (Å²) in [4.78, 5) is 7.50. The fourth-order valence-electron chi connectivity index (χ4n) is 1.13. The molecular formula is C9H12ClF2N3O. The highest BCUT2D eigenvalue weighted by atomic mass is 35.5. The molecule has 0 aliphatic carbocycles. The van der Waals surface area contributed by atoms with Crippen molar-refractivity contribution in [3.8, 4) is 0 Å². The third-order valence-corrected chi connectivity index (χ3v) is 2.20. The minimum Gasteiger partial charge on any atom is -0.396 e. The van der Waals surface area contributed by atoms with Crippen molar-refractivity contribution in [3.05, 3.63) is 16.5 Å². The molecule has 16 heavy (non-hydrogen) atoms.